The Balaban J connectivity index is 1.86. The molecule has 28 heavy (non-hydrogen) atoms. The van der Waals surface area contributed by atoms with E-state index in [1.165, 1.54) is 17.5 Å². The number of thiophene rings is 1. The van der Waals surface area contributed by atoms with Crippen molar-refractivity contribution >= 4 is 27.1 Å². The maximum atomic E-state index is 13.3. The Morgan fingerprint density at radius 1 is 1.14 bits per heavy atom. The minimum atomic E-state index is -3.70. The lowest BCUT2D eigenvalue weighted by Gasteiger charge is -2.19. The van der Waals surface area contributed by atoms with E-state index in [0.717, 1.165) is 16.0 Å². The summed E-state index contributed by atoms with van der Waals surface area (Å²) in [5, 5.41) is 3.78. The highest BCUT2D eigenvalue weighted by Gasteiger charge is 2.30. The van der Waals surface area contributed by atoms with Crippen LogP contribution in [0.25, 0.3) is 0 Å². The van der Waals surface area contributed by atoms with E-state index in [-0.39, 0.29) is 23.8 Å². The van der Waals surface area contributed by atoms with Gasteiger partial charge in [0, 0.05) is 23.8 Å². The lowest BCUT2D eigenvalue weighted by atomic mass is 10.1. The average Bonchev–Trinajstić information content (AvgIpc) is 3.17. The monoisotopic (exact) mass is 414 g/mol. The van der Waals surface area contributed by atoms with Crippen molar-refractivity contribution in [2.75, 3.05) is 6.54 Å². The molecule has 0 fully saturated rings. The van der Waals surface area contributed by atoms with Crippen LogP contribution in [0.4, 0.5) is 0 Å². The Morgan fingerprint density at radius 3 is 2.61 bits per heavy atom. The fraction of sp³-hybridized carbons (Fsp3) is 0.238. The Kier molecular flexibility index (Phi) is 6.26. The fourth-order valence-electron chi connectivity index (χ4n) is 2.87. The van der Waals surface area contributed by atoms with Gasteiger partial charge in [0.2, 0.25) is 5.91 Å². The number of amides is 1. The summed E-state index contributed by atoms with van der Waals surface area (Å²) in [6.07, 6.45) is 3.37. The smallest absolute Gasteiger partial charge is 0.225 e. The van der Waals surface area contributed by atoms with Crippen molar-refractivity contribution in [3.05, 3.63) is 81.8 Å². The van der Waals surface area contributed by atoms with Crippen molar-refractivity contribution in [2.24, 2.45) is 0 Å². The number of aromatic nitrogens is 1. The maximum Gasteiger partial charge on any atom is 0.225 e. The normalized spacial score (nSPS) is 12.5. The van der Waals surface area contributed by atoms with E-state index in [4.69, 9.17) is 0 Å². The number of nitrogens with zero attached hydrogens (tertiary/aromatic N) is 1. The molecule has 1 aromatic carbocycles. The number of aryl methyl sites for hydroxylation is 2. The van der Waals surface area contributed by atoms with E-state index in [2.05, 4.69) is 10.3 Å². The zero-order valence-corrected chi connectivity index (χ0v) is 17.4. The molecule has 3 aromatic rings. The van der Waals surface area contributed by atoms with Crippen LogP contribution >= 0.6 is 11.3 Å². The van der Waals surface area contributed by atoms with Crippen LogP contribution in [0.15, 0.2) is 65.1 Å². The summed E-state index contributed by atoms with van der Waals surface area (Å²) in [4.78, 5) is 17.5. The summed E-state index contributed by atoms with van der Waals surface area (Å²) < 4.78 is 26.7. The molecule has 0 saturated heterocycles. The highest BCUT2D eigenvalue weighted by atomic mass is 32.2. The van der Waals surface area contributed by atoms with Crippen molar-refractivity contribution in [3.8, 4) is 0 Å². The Labute approximate surface area is 169 Å². The second-order valence-electron chi connectivity index (χ2n) is 6.63. The van der Waals surface area contributed by atoms with Gasteiger partial charge in [0.1, 0.15) is 5.25 Å². The van der Waals surface area contributed by atoms with Gasteiger partial charge in [0.25, 0.3) is 0 Å². The Bertz CT molecular complexity index is 1050. The maximum absolute atomic E-state index is 13.3. The van der Waals surface area contributed by atoms with E-state index in [9.17, 15) is 13.2 Å². The van der Waals surface area contributed by atoms with Crippen LogP contribution in [-0.2, 0) is 21.1 Å². The first-order chi connectivity index (χ1) is 13.4. The predicted octanol–water partition coefficient (Wildman–Crippen LogP) is 3.63. The van der Waals surface area contributed by atoms with Gasteiger partial charge in [0.05, 0.1) is 11.3 Å². The molecule has 0 aliphatic rings. The van der Waals surface area contributed by atoms with Gasteiger partial charge in [-0.2, -0.15) is 0 Å². The second kappa shape index (κ2) is 8.67. The first-order valence-corrected chi connectivity index (χ1v) is 11.3. The van der Waals surface area contributed by atoms with Gasteiger partial charge in [-0.1, -0.05) is 18.2 Å². The minimum Gasteiger partial charge on any atom is -0.354 e. The molecule has 1 atom stereocenters. The van der Waals surface area contributed by atoms with E-state index >= 15 is 0 Å². The van der Waals surface area contributed by atoms with Crippen molar-refractivity contribution < 1.29 is 13.2 Å². The number of nitrogens with one attached hydrogen (secondary N) is 1. The average molecular weight is 415 g/mol. The number of pyridine rings is 1. The molecule has 0 spiro atoms. The zero-order valence-electron chi connectivity index (χ0n) is 15.8. The van der Waals surface area contributed by atoms with Gasteiger partial charge in [-0.3, -0.25) is 9.78 Å². The lowest BCUT2D eigenvalue weighted by Crippen LogP contribution is -2.32. The van der Waals surface area contributed by atoms with Crippen molar-refractivity contribution in [2.45, 2.75) is 30.4 Å². The summed E-state index contributed by atoms with van der Waals surface area (Å²) in [5.41, 5.74) is 2.49. The number of carbonyl (C=O) groups excluding carboxylic acids is 1. The van der Waals surface area contributed by atoms with Crippen LogP contribution in [0.3, 0.4) is 0 Å². The molecule has 3 rings (SSSR count). The molecule has 2 aromatic heterocycles. The second-order valence-corrected chi connectivity index (χ2v) is 9.79. The molecule has 0 bridgehead atoms. The summed E-state index contributed by atoms with van der Waals surface area (Å²) in [6, 6.07) is 12.3. The predicted molar refractivity (Wildman–Crippen MR) is 111 cm³/mol. The molecular weight excluding hydrogens is 392 g/mol. The molecule has 1 amide bonds. The summed E-state index contributed by atoms with van der Waals surface area (Å²) in [7, 11) is -3.70. The Hall–Kier alpha value is -2.51. The van der Waals surface area contributed by atoms with E-state index in [1.807, 2.05) is 31.4 Å². The molecule has 0 aliphatic heterocycles. The number of sulfone groups is 1. The number of rotatable bonds is 7. The number of hydrogen-bond acceptors (Lipinski definition) is 5. The summed E-state index contributed by atoms with van der Waals surface area (Å²) in [6.45, 7) is 3.82. The van der Waals surface area contributed by atoms with E-state index < -0.39 is 15.1 Å². The third-order valence-corrected chi connectivity index (χ3v) is 7.61. The topological polar surface area (TPSA) is 76.1 Å². The number of benzene rings is 1. The molecule has 1 N–H and O–H groups in total. The molecule has 7 heteroatoms. The standard InChI is InChI=1S/C21H22N2O3S2/c1-15-7-8-19(11-16(15)2)28(25,26)20(17-5-3-9-22-13-17)14-23-21(24)12-18-6-4-10-27-18/h3-11,13,20H,12,14H2,1-2H3,(H,23,24)/t20-/m0/s1. The van der Waals surface area contributed by atoms with E-state index in [0.29, 0.717) is 5.56 Å². The molecule has 0 saturated carbocycles. The molecule has 5 nitrogen and oxygen atoms in total. The third kappa shape index (κ3) is 4.66. The van der Waals surface area contributed by atoms with Crippen LogP contribution in [0.2, 0.25) is 0 Å². The lowest BCUT2D eigenvalue weighted by molar-refractivity contribution is -0.120. The van der Waals surface area contributed by atoms with Gasteiger partial charge in [-0.05, 0) is 60.2 Å². The molecule has 0 unspecified atom stereocenters. The highest BCUT2D eigenvalue weighted by molar-refractivity contribution is 7.91. The van der Waals surface area contributed by atoms with Crippen LogP contribution in [0, 0.1) is 13.8 Å². The highest BCUT2D eigenvalue weighted by Crippen LogP contribution is 2.29. The number of carbonyl (C=O) groups is 1. The van der Waals surface area contributed by atoms with Crippen molar-refractivity contribution in [1.29, 1.82) is 0 Å². The molecular formula is C21H22N2O3S2. The minimum absolute atomic E-state index is 0.00877. The van der Waals surface area contributed by atoms with Gasteiger partial charge in [-0.25, -0.2) is 8.42 Å². The van der Waals surface area contributed by atoms with Gasteiger partial charge < -0.3 is 5.32 Å². The number of hydrogen-bond donors (Lipinski definition) is 1. The third-order valence-electron chi connectivity index (χ3n) is 4.64. The first kappa shape index (κ1) is 20.2. The molecule has 146 valence electrons. The van der Waals surface area contributed by atoms with Crippen LogP contribution in [0.5, 0.6) is 0 Å². The van der Waals surface area contributed by atoms with Crippen molar-refractivity contribution in [1.82, 2.24) is 10.3 Å². The van der Waals surface area contributed by atoms with Gasteiger partial charge >= 0.3 is 0 Å². The van der Waals surface area contributed by atoms with Crippen LogP contribution in [-0.4, -0.2) is 25.9 Å². The molecule has 2 heterocycles. The summed E-state index contributed by atoms with van der Waals surface area (Å²) >= 11 is 1.50. The SMILES string of the molecule is Cc1ccc(S(=O)(=O)[C@@H](CNC(=O)Cc2cccs2)c2cccnc2)cc1C. The Morgan fingerprint density at radius 2 is 1.96 bits per heavy atom. The summed E-state index contributed by atoms with van der Waals surface area (Å²) in [5.74, 6) is -0.202. The van der Waals surface area contributed by atoms with Crippen LogP contribution in [0.1, 0.15) is 26.8 Å². The quantitative estimate of drug-likeness (QED) is 0.640. The first-order valence-electron chi connectivity index (χ1n) is 8.88. The van der Waals surface area contributed by atoms with Crippen LogP contribution < -0.4 is 5.32 Å². The zero-order chi connectivity index (χ0) is 20.1. The van der Waals surface area contributed by atoms with E-state index in [1.54, 1.807) is 36.5 Å². The molecule has 0 radical (unpaired) electrons. The molecule has 0 aliphatic carbocycles. The fourth-order valence-corrected chi connectivity index (χ4v) is 5.30. The largest absolute Gasteiger partial charge is 0.354 e. The van der Waals surface area contributed by atoms with Crippen molar-refractivity contribution in [3.63, 3.8) is 0 Å². The van der Waals surface area contributed by atoms with Gasteiger partial charge in [0.15, 0.2) is 9.84 Å². The van der Waals surface area contributed by atoms with Gasteiger partial charge in [-0.15, -0.1) is 11.3 Å².